The van der Waals surface area contributed by atoms with Crippen LogP contribution in [-0.4, -0.2) is 17.5 Å². The topological polar surface area (TPSA) is 20.2 Å². The zero-order valence-corrected chi connectivity index (χ0v) is 10.1. The lowest BCUT2D eigenvalue weighted by Gasteiger charge is -2.27. The summed E-state index contributed by atoms with van der Waals surface area (Å²) in [6, 6.07) is 8.08. The number of halogens is 1. The molecule has 2 atom stereocenters. The molecule has 0 saturated carbocycles. The fourth-order valence-electron chi connectivity index (χ4n) is 1.94. The van der Waals surface area contributed by atoms with Crippen LogP contribution in [0.5, 0.6) is 0 Å². The van der Waals surface area contributed by atoms with Crippen LogP contribution in [0.3, 0.4) is 0 Å². The van der Waals surface area contributed by atoms with Crippen molar-refractivity contribution in [1.29, 1.82) is 0 Å². The van der Waals surface area contributed by atoms with Gasteiger partial charge in [0.1, 0.15) is 0 Å². The quantitative estimate of drug-likeness (QED) is 0.857. The molecular formula is C12H15ClOS. The maximum Gasteiger partial charge on any atom is 0.0460 e. The Bertz CT molecular complexity index is 312. The molecule has 3 heteroatoms. The molecule has 2 rings (SSSR count). The van der Waals surface area contributed by atoms with Crippen molar-refractivity contribution in [2.24, 2.45) is 5.92 Å². The Morgan fingerprint density at radius 1 is 1.33 bits per heavy atom. The highest BCUT2D eigenvalue weighted by molar-refractivity contribution is 7.99. The summed E-state index contributed by atoms with van der Waals surface area (Å²) in [6.07, 6.45) is 2.23. The monoisotopic (exact) mass is 242 g/mol. The Hall–Kier alpha value is -0.180. The number of thioether (sulfide) groups is 1. The fourth-order valence-corrected chi connectivity index (χ4v) is 3.58. The van der Waals surface area contributed by atoms with Crippen LogP contribution in [-0.2, 0) is 0 Å². The van der Waals surface area contributed by atoms with E-state index in [4.69, 9.17) is 16.7 Å². The fraction of sp³-hybridized carbons (Fsp3) is 0.500. The predicted octanol–water partition coefficient (Wildman–Crippen LogP) is 3.52. The first kappa shape index (κ1) is 11.3. The van der Waals surface area contributed by atoms with Crippen LogP contribution in [0, 0.1) is 5.92 Å². The molecule has 0 bridgehead atoms. The van der Waals surface area contributed by atoms with Crippen LogP contribution in [0.1, 0.15) is 23.7 Å². The minimum Gasteiger partial charge on any atom is -0.396 e. The lowest BCUT2D eigenvalue weighted by Crippen LogP contribution is -2.16. The molecule has 1 saturated heterocycles. The molecule has 15 heavy (non-hydrogen) atoms. The summed E-state index contributed by atoms with van der Waals surface area (Å²) in [6.45, 7) is 0.324. The van der Waals surface area contributed by atoms with E-state index in [-0.39, 0.29) is 0 Å². The molecule has 0 aromatic heterocycles. The van der Waals surface area contributed by atoms with E-state index in [2.05, 4.69) is 12.1 Å². The van der Waals surface area contributed by atoms with Crippen molar-refractivity contribution in [3.8, 4) is 0 Å². The Morgan fingerprint density at radius 3 is 2.73 bits per heavy atom. The number of aliphatic hydroxyl groups is 1. The van der Waals surface area contributed by atoms with E-state index in [1.807, 2.05) is 23.9 Å². The van der Waals surface area contributed by atoms with Gasteiger partial charge < -0.3 is 5.11 Å². The summed E-state index contributed by atoms with van der Waals surface area (Å²) in [4.78, 5) is 0. The van der Waals surface area contributed by atoms with Gasteiger partial charge in [0.25, 0.3) is 0 Å². The Balaban J connectivity index is 2.06. The minimum absolute atomic E-state index is 0.324. The highest BCUT2D eigenvalue weighted by Gasteiger charge is 2.22. The van der Waals surface area contributed by atoms with Crippen LogP contribution in [0.25, 0.3) is 0 Å². The van der Waals surface area contributed by atoms with Gasteiger partial charge in [-0.15, -0.1) is 0 Å². The molecule has 1 aliphatic rings. The molecule has 1 aromatic carbocycles. The van der Waals surface area contributed by atoms with Crippen LogP contribution in [0.2, 0.25) is 5.02 Å². The lowest BCUT2D eigenvalue weighted by molar-refractivity contribution is 0.212. The van der Waals surface area contributed by atoms with Gasteiger partial charge in [0.2, 0.25) is 0 Å². The second-order valence-corrected chi connectivity index (χ2v) is 5.73. The van der Waals surface area contributed by atoms with Crippen molar-refractivity contribution in [2.75, 3.05) is 12.4 Å². The third kappa shape index (κ3) is 2.90. The second kappa shape index (κ2) is 5.24. The van der Waals surface area contributed by atoms with Gasteiger partial charge in [-0.2, -0.15) is 11.8 Å². The smallest absolute Gasteiger partial charge is 0.0460 e. The molecule has 1 aliphatic heterocycles. The molecule has 1 nitrogen and oxygen atoms in total. The van der Waals surface area contributed by atoms with Crippen LogP contribution >= 0.6 is 23.4 Å². The average Bonchev–Trinajstić information content (AvgIpc) is 2.30. The van der Waals surface area contributed by atoms with Gasteiger partial charge in [-0.25, -0.2) is 0 Å². The number of hydrogen-bond acceptors (Lipinski definition) is 2. The standard InChI is InChI=1S/C12H15ClOS/c13-11-3-1-10(2-4-11)12-7-9(8-14)5-6-15-12/h1-4,9,12,14H,5-8H2. The number of rotatable bonds is 2. The molecule has 1 heterocycles. The van der Waals surface area contributed by atoms with Crippen molar-refractivity contribution >= 4 is 23.4 Å². The van der Waals surface area contributed by atoms with E-state index in [1.54, 1.807) is 0 Å². The molecule has 0 aliphatic carbocycles. The summed E-state index contributed by atoms with van der Waals surface area (Å²) in [5.74, 6) is 1.63. The van der Waals surface area contributed by atoms with Gasteiger partial charge in [-0.1, -0.05) is 23.7 Å². The van der Waals surface area contributed by atoms with Gasteiger partial charge in [0.05, 0.1) is 0 Å². The van der Waals surface area contributed by atoms with E-state index in [0.29, 0.717) is 17.8 Å². The molecule has 0 amide bonds. The van der Waals surface area contributed by atoms with Crippen LogP contribution in [0.15, 0.2) is 24.3 Å². The number of aliphatic hydroxyl groups excluding tert-OH is 1. The van der Waals surface area contributed by atoms with Crippen molar-refractivity contribution in [2.45, 2.75) is 18.1 Å². The van der Waals surface area contributed by atoms with E-state index >= 15 is 0 Å². The van der Waals surface area contributed by atoms with Crippen LogP contribution < -0.4 is 0 Å². The van der Waals surface area contributed by atoms with E-state index in [9.17, 15) is 0 Å². The summed E-state index contributed by atoms with van der Waals surface area (Å²) in [7, 11) is 0. The zero-order chi connectivity index (χ0) is 10.7. The molecule has 1 N–H and O–H groups in total. The van der Waals surface area contributed by atoms with Gasteiger partial charge in [-0.3, -0.25) is 0 Å². The summed E-state index contributed by atoms with van der Waals surface area (Å²) in [5, 5.41) is 10.5. The minimum atomic E-state index is 0.324. The third-order valence-corrected chi connectivity index (χ3v) is 4.48. The van der Waals surface area contributed by atoms with Crippen molar-refractivity contribution in [3.63, 3.8) is 0 Å². The van der Waals surface area contributed by atoms with Gasteiger partial charge >= 0.3 is 0 Å². The second-order valence-electron chi connectivity index (χ2n) is 3.98. The molecule has 1 aromatic rings. The average molecular weight is 243 g/mol. The van der Waals surface area contributed by atoms with Crippen molar-refractivity contribution in [1.82, 2.24) is 0 Å². The van der Waals surface area contributed by atoms with E-state index in [0.717, 1.165) is 23.6 Å². The molecular weight excluding hydrogens is 228 g/mol. The Kier molecular flexibility index (Phi) is 3.95. The highest BCUT2D eigenvalue weighted by atomic mass is 35.5. The Labute approximate surface area is 99.8 Å². The lowest BCUT2D eigenvalue weighted by atomic mass is 9.97. The zero-order valence-electron chi connectivity index (χ0n) is 8.53. The first-order chi connectivity index (χ1) is 7.29. The first-order valence-electron chi connectivity index (χ1n) is 5.27. The predicted molar refractivity (Wildman–Crippen MR) is 66.5 cm³/mol. The van der Waals surface area contributed by atoms with Crippen molar-refractivity contribution in [3.05, 3.63) is 34.9 Å². The number of benzene rings is 1. The Morgan fingerprint density at radius 2 is 2.07 bits per heavy atom. The van der Waals surface area contributed by atoms with Gasteiger partial charge in [-0.05, 0) is 42.2 Å². The van der Waals surface area contributed by atoms with Crippen molar-refractivity contribution < 1.29 is 5.11 Å². The molecule has 1 fully saturated rings. The normalized spacial score (nSPS) is 26.5. The van der Waals surface area contributed by atoms with Gasteiger partial charge in [0.15, 0.2) is 0 Å². The molecule has 2 unspecified atom stereocenters. The highest BCUT2D eigenvalue weighted by Crippen LogP contribution is 2.40. The van der Waals surface area contributed by atoms with Gasteiger partial charge in [0, 0.05) is 16.9 Å². The first-order valence-corrected chi connectivity index (χ1v) is 6.70. The maximum atomic E-state index is 9.17. The maximum absolute atomic E-state index is 9.17. The third-order valence-electron chi connectivity index (χ3n) is 2.89. The molecule has 82 valence electrons. The van der Waals surface area contributed by atoms with E-state index < -0.39 is 0 Å². The van der Waals surface area contributed by atoms with Crippen LogP contribution in [0.4, 0.5) is 0 Å². The number of hydrogen-bond donors (Lipinski definition) is 1. The summed E-state index contributed by atoms with van der Waals surface area (Å²) >= 11 is 7.85. The SMILES string of the molecule is OCC1CCSC(c2ccc(Cl)cc2)C1. The summed E-state index contributed by atoms with van der Waals surface area (Å²) < 4.78 is 0. The van der Waals surface area contributed by atoms with E-state index in [1.165, 1.54) is 5.56 Å². The molecule has 0 spiro atoms. The molecule has 0 radical (unpaired) electrons. The largest absolute Gasteiger partial charge is 0.396 e. The summed E-state index contributed by atoms with van der Waals surface area (Å²) in [5.41, 5.74) is 1.34.